The molecule has 4 rings (SSSR count). The Kier molecular flexibility index (Phi) is 7.95. The summed E-state index contributed by atoms with van der Waals surface area (Å²) in [6.45, 7) is 5.65. The lowest BCUT2D eigenvalue weighted by Crippen LogP contribution is -2.48. The fourth-order valence-electron chi connectivity index (χ4n) is 5.39. The van der Waals surface area contributed by atoms with Crippen molar-refractivity contribution in [1.29, 1.82) is 0 Å². The summed E-state index contributed by atoms with van der Waals surface area (Å²) in [5, 5.41) is 3.97. The third-order valence-corrected chi connectivity index (χ3v) is 9.29. The lowest BCUT2D eigenvalue weighted by atomic mass is 9.75. The third kappa shape index (κ3) is 6.28. The average molecular weight is 526 g/mol. The molecule has 0 aliphatic carbocycles. The number of amides is 2. The zero-order chi connectivity index (χ0) is 25.2. The number of likely N-dealkylation sites (N-methyl/N-ethyl adjacent to an activating group) is 1. The molecule has 3 aliphatic heterocycles. The standard InChI is InChI=1S/C24H36ClN5O4S/c1-27(35(2,33)34)18-22(31)30-10-7-24(8-11-30)17-20(26-23(24)32)6-9-28-12-14-29(15-13-28)21-5-3-4-19(25)16-21/h3-5,16,20H,6-15,17-18H2,1-2H3,(H,26,32)/t20-/m0/s1. The fourth-order valence-corrected chi connectivity index (χ4v) is 5.92. The van der Waals surface area contributed by atoms with Crippen molar-refractivity contribution in [3.05, 3.63) is 29.3 Å². The van der Waals surface area contributed by atoms with Gasteiger partial charge in [-0.25, -0.2) is 8.42 Å². The Bertz CT molecular complexity index is 1040. The lowest BCUT2D eigenvalue weighted by Gasteiger charge is -2.38. The van der Waals surface area contributed by atoms with Crippen molar-refractivity contribution in [3.63, 3.8) is 0 Å². The predicted octanol–water partition coefficient (Wildman–Crippen LogP) is 1.24. The van der Waals surface area contributed by atoms with Gasteiger partial charge in [0.1, 0.15) is 0 Å². The maximum absolute atomic E-state index is 12.9. The number of carbonyl (C=O) groups excluding carboxylic acids is 2. The van der Waals surface area contributed by atoms with E-state index < -0.39 is 15.4 Å². The maximum Gasteiger partial charge on any atom is 0.237 e. The largest absolute Gasteiger partial charge is 0.369 e. The van der Waals surface area contributed by atoms with Gasteiger partial charge in [0.25, 0.3) is 0 Å². The number of nitrogens with one attached hydrogen (secondary N) is 1. The number of carbonyl (C=O) groups is 2. The Hall–Kier alpha value is -1.88. The molecule has 3 saturated heterocycles. The number of hydrogen-bond acceptors (Lipinski definition) is 6. The average Bonchev–Trinajstić information content (AvgIpc) is 3.12. The van der Waals surface area contributed by atoms with Crippen LogP contribution >= 0.6 is 11.6 Å². The normalized spacial score (nSPS) is 23.2. The number of rotatable bonds is 7. The summed E-state index contributed by atoms with van der Waals surface area (Å²) in [5.41, 5.74) is 0.755. The Labute approximate surface area is 213 Å². The Balaban J connectivity index is 1.21. The number of nitrogens with zero attached hydrogens (tertiary/aromatic N) is 4. The first-order chi connectivity index (χ1) is 16.6. The van der Waals surface area contributed by atoms with E-state index in [-0.39, 0.29) is 24.4 Å². The van der Waals surface area contributed by atoms with Gasteiger partial charge in [-0.05, 0) is 43.9 Å². The summed E-state index contributed by atoms with van der Waals surface area (Å²) in [4.78, 5) is 31.9. The van der Waals surface area contributed by atoms with Crippen molar-refractivity contribution in [2.24, 2.45) is 5.41 Å². The summed E-state index contributed by atoms with van der Waals surface area (Å²) in [7, 11) is -1.99. The predicted molar refractivity (Wildman–Crippen MR) is 137 cm³/mol. The second kappa shape index (κ2) is 10.6. The topological polar surface area (TPSA) is 93.3 Å². The summed E-state index contributed by atoms with van der Waals surface area (Å²) in [6, 6.07) is 8.14. The van der Waals surface area contributed by atoms with Crippen LogP contribution in [0.25, 0.3) is 0 Å². The van der Waals surface area contributed by atoms with Crippen molar-refractivity contribution in [2.75, 3.05) is 70.6 Å². The van der Waals surface area contributed by atoms with Crippen LogP contribution in [0.3, 0.4) is 0 Å². The van der Waals surface area contributed by atoms with Crippen molar-refractivity contribution < 1.29 is 18.0 Å². The minimum absolute atomic E-state index is 0.105. The van der Waals surface area contributed by atoms with Crippen molar-refractivity contribution in [3.8, 4) is 0 Å². The molecule has 0 aromatic heterocycles. The first kappa shape index (κ1) is 26.2. The zero-order valence-corrected chi connectivity index (χ0v) is 22.2. The highest BCUT2D eigenvalue weighted by Gasteiger charge is 2.48. The molecule has 9 nitrogen and oxygen atoms in total. The van der Waals surface area contributed by atoms with E-state index >= 15 is 0 Å². The summed E-state index contributed by atoms with van der Waals surface area (Å²) in [5.74, 6) is -0.103. The molecular weight excluding hydrogens is 490 g/mol. The van der Waals surface area contributed by atoms with E-state index in [1.807, 2.05) is 18.2 Å². The fraction of sp³-hybridized carbons (Fsp3) is 0.667. The van der Waals surface area contributed by atoms with Gasteiger partial charge in [-0.3, -0.25) is 14.5 Å². The monoisotopic (exact) mass is 525 g/mol. The quantitative estimate of drug-likeness (QED) is 0.576. The second-order valence-corrected chi connectivity index (χ2v) is 12.7. The second-order valence-electron chi connectivity index (χ2n) is 10.2. The molecule has 3 fully saturated rings. The lowest BCUT2D eigenvalue weighted by molar-refractivity contribution is -0.138. The minimum Gasteiger partial charge on any atom is -0.369 e. The Morgan fingerprint density at radius 1 is 1.17 bits per heavy atom. The molecule has 0 unspecified atom stereocenters. The Morgan fingerprint density at radius 3 is 2.49 bits per heavy atom. The molecule has 1 aromatic rings. The smallest absolute Gasteiger partial charge is 0.237 e. The van der Waals surface area contributed by atoms with Crippen LogP contribution in [-0.4, -0.2) is 106 Å². The molecular formula is C24H36ClN5O4S. The number of hydrogen-bond donors (Lipinski definition) is 1. The Morgan fingerprint density at radius 2 is 1.86 bits per heavy atom. The minimum atomic E-state index is -3.40. The molecule has 1 aromatic carbocycles. The third-order valence-electron chi connectivity index (χ3n) is 7.79. The van der Waals surface area contributed by atoms with E-state index in [1.165, 1.54) is 7.05 Å². The van der Waals surface area contributed by atoms with Crippen LogP contribution in [0.5, 0.6) is 0 Å². The highest BCUT2D eigenvalue weighted by Crippen LogP contribution is 2.41. The SMILES string of the molecule is CN(CC(=O)N1CCC2(CC1)C[C@H](CCN1CCN(c3cccc(Cl)c3)CC1)NC2=O)S(C)(=O)=O. The summed E-state index contributed by atoms with van der Waals surface area (Å²) < 4.78 is 24.2. The van der Waals surface area contributed by atoms with Crippen molar-refractivity contribution >= 4 is 39.1 Å². The van der Waals surface area contributed by atoms with Gasteiger partial charge in [0.2, 0.25) is 21.8 Å². The van der Waals surface area contributed by atoms with Crippen LogP contribution in [0.4, 0.5) is 5.69 Å². The van der Waals surface area contributed by atoms with Gasteiger partial charge in [0, 0.05) is 69.6 Å². The number of benzene rings is 1. The maximum atomic E-state index is 12.9. The highest BCUT2D eigenvalue weighted by molar-refractivity contribution is 7.88. The molecule has 0 radical (unpaired) electrons. The van der Waals surface area contributed by atoms with Gasteiger partial charge in [-0.15, -0.1) is 0 Å². The molecule has 11 heteroatoms. The number of piperazine rings is 1. The first-order valence-corrected chi connectivity index (χ1v) is 14.5. The van der Waals surface area contributed by atoms with E-state index in [9.17, 15) is 18.0 Å². The highest BCUT2D eigenvalue weighted by atomic mass is 35.5. The molecule has 194 valence electrons. The van der Waals surface area contributed by atoms with Gasteiger partial charge < -0.3 is 15.1 Å². The van der Waals surface area contributed by atoms with Crippen LogP contribution in [0.1, 0.15) is 25.7 Å². The van der Waals surface area contributed by atoms with E-state index in [1.54, 1.807) is 4.90 Å². The molecule has 1 spiro atoms. The molecule has 35 heavy (non-hydrogen) atoms. The van der Waals surface area contributed by atoms with Gasteiger partial charge >= 0.3 is 0 Å². The number of sulfonamides is 1. The molecule has 2 amide bonds. The van der Waals surface area contributed by atoms with Gasteiger partial charge in [0.05, 0.1) is 18.2 Å². The van der Waals surface area contributed by atoms with E-state index in [2.05, 4.69) is 21.2 Å². The van der Waals surface area contributed by atoms with Gasteiger partial charge in [-0.1, -0.05) is 17.7 Å². The van der Waals surface area contributed by atoms with Gasteiger partial charge in [0.15, 0.2) is 0 Å². The van der Waals surface area contributed by atoms with E-state index in [0.717, 1.165) is 66.8 Å². The van der Waals surface area contributed by atoms with Gasteiger partial charge in [-0.2, -0.15) is 4.31 Å². The van der Waals surface area contributed by atoms with Crippen LogP contribution < -0.4 is 10.2 Å². The van der Waals surface area contributed by atoms with E-state index in [0.29, 0.717) is 25.9 Å². The molecule has 3 heterocycles. The molecule has 1 N–H and O–H groups in total. The first-order valence-electron chi connectivity index (χ1n) is 12.3. The van der Waals surface area contributed by atoms with Crippen molar-refractivity contribution in [1.82, 2.24) is 19.4 Å². The molecule has 1 atom stereocenters. The molecule has 0 saturated carbocycles. The summed E-state index contributed by atoms with van der Waals surface area (Å²) >= 11 is 6.13. The van der Waals surface area contributed by atoms with Crippen molar-refractivity contribution in [2.45, 2.75) is 31.7 Å². The van der Waals surface area contributed by atoms with E-state index in [4.69, 9.17) is 11.6 Å². The summed E-state index contributed by atoms with van der Waals surface area (Å²) in [6.07, 6.45) is 4.07. The molecule has 3 aliphatic rings. The number of halogens is 1. The van der Waals surface area contributed by atoms with Crippen LogP contribution in [0.2, 0.25) is 5.02 Å². The number of piperidine rings is 1. The van der Waals surface area contributed by atoms with Crippen LogP contribution in [0.15, 0.2) is 24.3 Å². The molecule has 0 bridgehead atoms. The van der Waals surface area contributed by atoms with Crippen LogP contribution in [0, 0.1) is 5.41 Å². The van der Waals surface area contributed by atoms with Crippen LogP contribution in [-0.2, 0) is 19.6 Å². The zero-order valence-electron chi connectivity index (χ0n) is 20.6. The number of likely N-dealkylation sites (tertiary alicyclic amines) is 1. The number of anilines is 1.